The van der Waals surface area contributed by atoms with Crippen LogP contribution in [0.25, 0.3) is 15.9 Å². The lowest BCUT2D eigenvalue weighted by Crippen LogP contribution is -2.34. The Morgan fingerprint density at radius 2 is 2.10 bits per heavy atom. The molecule has 3 heterocycles. The third-order valence-corrected chi connectivity index (χ3v) is 7.25. The van der Waals surface area contributed by atoms with Crippen molar-refractivity contribution < 1.29 is 9.90 Å². The first kappa shape index (κ1) is 20.2. The molecule has 29 heavy (non-hydrogen) atoms. The summed E-state index contributed by atoms with van der Waals surface area (Å²) in [5.74, 6) is 1.30. The summed E-state index contributed by atoms with van der Waals surface area (Å²) in [7, 11) is 0. The number of likely N-dealkylation sites (N-methyl/N-ethyl adjacent to an activating group) is 1. The van der Waals surface area contributed by atoms with Crippen molar-refractivity contribution in [1.29, 1.82) is 0 Å². The van der Waals surface area contributed by atoms with Gasteiger partial charge >= 0.3 is 0 Å². The number of carbonyl (C=O) groups excluding carboxylic acids is 1. The molecule has 0 radical (unpaired) electrons. The van der Waals surface area contributed by atoms with E-state index >= 15 is 0 Å². The summed E-state index contributed by atoms with van der Waals surface area (Å²) in [6.07, 6.45) is 3.24. The molecule has 3 aromatic rings. The third-order valence-electron chi connectivity index (χ3n) is 6.10. The van der Waals surface area contributed by atoms with Gasteiger partial charge in [-0.2, -0.15) is 4.52 Å². The van der Waals surface area contributed by atoms with Crippen LogP contribution in [-0.2, 0) is 12.8 Å². The highest BCUT2D eigenvalue weighted by Gasteiger charge is 2.32. The number of hydrogen-bond acceptors (Lipinski definition) is 6. The molecule has 0 fully saturated rings. The predicted molar refractivity (Wildman–Crippen MR) is 115 cm³/mol. The zero-order chi connectivity index (χ0) is 20.9. The Kier molecular flexibility index (Phi) is 5.11. The van der Waals surface area contributed by atoms with Gasteiger partial charge in [0.05, 0.1) is 12.0 Å². The average Bonchev–Trinajstić information content (AvgIpc) is 3.25. The summed E-state index contributed by atoms with van der Waals surface area (Å²) in [4.78, 5) is 26.2. The molecule has 3 aromatic heterocycles. The topological polar surface area (TPSA) is 83.6 Å². The molecule has 1 N–H and O–H groups in total. The van der Waals surface area contributed by atoms with E-state index in [1.165, 1.54) is 10.4 Å². The molecule has 1 aliphatic carbocycles. The summed E-state index contributed by atoms with van der Waals surface area (Å²) in [5, 5.41) is 14.7. The van der Waals surface area contributed by atoms with Crippen LogP contribution in [0, 0.1) is 18.3 Å². The largest absolute Gasteiger partial charge is 0.395 e. The molecule has 0 saturated heterocycles. The maximum atomic E-state index is 12.8. The Morgan fingerprint density at radius 1 is 1.34 bits per heavy atom. The smallest absolute Gasteiger partial charge is 0.293 e. The highest BCUT2D eigenvalue weighted by molar-refractivity contribution is 7.19. The lowest BCUT2D eigenvalue weighted by atomic mass is 9.72. The van der Waals surface area contributed by atoms with Crippen molar-refractivity contribution in [3.05, 3.63) is 22.1 Å². The Bertz CT molecular complexity index is 1080. The summed E-state index contributed by atoms with van der Waals surface area (Å²) in [6.45, 7) is 11.4. The SMILES string of the molecule is CCN(CCO)C(=O)c1nc2c3c4c(sc3nc(C)n2n1)CC(C(C)(C)C)CC4. The van der Waals surface area contributed by atoms with Crippen LogP contribution in [0.15, 0.2) is 0 Å². The predicted octanol–water partition coefficient (Wildman–Crippen LogP) is 3.25. The normalized spacial score (nSPS) is 17.1. The fourth-order valence-electron chi connectivity index (χ4n) is 4.27. The van der Waals surface area contributed by atoms with Crippen molar-refractivity contribution in [3.8, 4) is 0 Å². The first-order valence-corrected chi connectivity index (χ1v) is 11.1. The van der Waals surface area contributed by atoms with Crippen molar-refractivity contribution in [3.63, 3.8) is 0 Å². The van der Waals surface area contributed by atoms with Gasteiger partial charge in [0.15, 0.2) is 5.65 Å². The summed E-state index contributed by atoms with van der Waals surface area (Å²) >= 11 is 1.76. The van der Waals surface area contributed by atoms with E-state index in [2.05, 4.69) is 30.9 Å². The van der Waals surface area contributed by atoms with Gasteiger partial charge in [-0.1, -0.05) is 20.8 Å². The lowest BCUT2D eigenvalue weighted by molar-refractivity contribution is 0.0720. The molecule has 1 amide bonds. The monoisotopic (exact) mass is 415 g/mol. The number of thiophene rings is 1. The Hall–Kier alpha value is -2.06. The van der Waals surface area contributed by atoms with Crippen LogP contribution < -0.4 is 0 Å². The highest BCUT2D eigenvalue weighted by Crippen LogP contribution is 2.43. The number of aliphatic hydroxyl groups excluding tert-OH is 1. The number of rotatable bonds is 4. The van der Waals surface area contributed by atoms with Crippen LogP contribution in [0.2, 0.25) is 0 Å². The van der Waals surface area contributed by atoms with Gasteiger partial charge in [-0.15, -0.1) is 16.4 Å². The Morgan fingerprint density at radius 3 is 2.76 bits per heavy atom. The molecule has 8 heteroatoms. The molecule has 0 spiro atoms. The number of fused-ring (bicyclic) bond motifs is 5. The summed E-state index contributed by atoms with van der Waals surface area (Å²) < 4.78 is 1.70. The molecular weight excluding hydrogens is 386 g/mol. The van der Waals surface area contributed by atoms with Gasteiger partial charge < -0.3 is 10.0 Å². The van der Waals surface area contributed by atoms with Crippen molar-refractivity contribution in [2.24, 2.45) is 11.3 Å². The number of carbonyl (C=O) groups is 1. The minimum Gasteiger partial charge on any atom is -0.395 e. The molecule has 1 unspecified atom stereocenters. The second-order valence-electron chi connectivity index (χ2n) is 8.93. The standard InChI is InChI=1S/C21H29N5O2S/c1-6-25(9-10-27)20(28)17-23-18-16-14-8-7-13(21(3,4)5)11-15(14)29-19(16)22-12(2)26(18)24-17/h13,27H,6-11H2,1-5H3. The number of amides is 1. The van der Waals surface area contributed by atoms with Crippen molar-refractivity contribution in [1.82, 2.24) is 24.5 Å². The van der Waals surface area contributed by atoms with E-state index in [1.54, 1.807) is 20.8 Å². The van der Waals surface area contributed by atoms with Gasteiger partial charge in [-0.25, -0.2) is 9.97 Å². The second-order valence-corrected chi connectivity index (χ2v) is 10.0. The minimum absolute atomic E-state index is 0.0786. The molecule has 4 rings (SSSR count). The van der Waals surface area contributed by atoms with Crippen LogP contribution in [-0.4, -0.2) is 55.2 Å². The van der Waals surface area contributed by atoms with E-state index in [0.29, 0.717) is 12.5 Å². The van der Waals surface area contributed by atoms with E-state index in [1.807, 2.05) is 13.8 Å². The van der Waals surface area contributed by atoms with Crippen molar-refractivity contribution in [2.75, 3.05) is 19.7 Å². The van der Waals surface area contributed by atoms with Gasteiger partial charge in [0.25, 0.3) is 5.91 Å². The Balaban J connectivity index is 1.83. The van der Waals surface area contributed by atoms with Crippen LogP contribution in [0.4, 0.5) is 0 Å². The van der Waals surface area contributed by atoms with Gasteiger partial charge in [-0.05, 0) is 50.0 Å². The van der Waals surface area contributed by atoms with E-state index in [0.717, 1.165) is 41.0 Å². The van der Waals surface area contributed by atoms with Gasteiger partial charge in [0, 0.05) is 18.0 Å². The average molecular weight is 416 g/mol. The van der Waals surface area contributed by atoms with Crippen LogP contribution >= 0.6 is 11.3 Å². The van der Waals surface area contributed by atoms with Crippen LogP contribution in [0.5, 0.6) is 0 Å². The zero-order valence-corrected chi connectivity index (χ0v) is 18.6. The van der Waals surface area contributed by atoms with E-state index < -0.39 is 0 Å². The van der Waals surface area contributed by atoms with E-state index in [9.17, 15) is 9.90 Å². The maximum Gasteiger partial charge on any atom is 0.293 e. The first-order chi connectivity index (χ1) is 13.7. The molecule has 0 aliphatic heterocycles. The number of nitrogens with zero attached hydrogens (tertiary/aromatic N) is 5. The van der Waals surface area contributed by atoms with Crippen LogP contribution in [0.3, 0.4) is 0 Å². The summed E-state index contributed by atoms with van der Waals surface area (Å²) in [6, 6.07) is 0. The van der Waals surface area contributed by atoms with E-state index in [-0.39, 0.29) is 30.3 Å². The number of aliphatic hydroxyl groups is 1. The fraction of sp³-hybridized carbons (Fsp3) is 0.619. The third kappa shape index (κ3) is 3.42. The Labute approximate surface area is 174 Å². The summed E-state index contributed by atoms with van der Waals surface area (Å²) in [5.41, 5.74) is 2.34. The fourth-order valence-corrected chi connectivity index (χ4v) is 5.61. The molecular formula is C21H29N5O2S. The lowest BCUT2D eigenvalue weighted by Gasteiger charge is -2.33. The molecule has 0 saturated carbocycles. The molecule has 1 atom stereocenters. The molecule has 156 valence electrons. The molecule has 7 nitrogen and oxygen atoms in total. The zero-order valence-electron chi connectivity index (χ0n) is 17.8. The minimum atomic E-state index is -0.255. The molecule has 1 aliphatic rings. The highest BCUT2D eigenvalue weighted by atomic mass is 32.1. The van der Waals surface area contributed by atoms with Crippen LogP contribution in [0.1, 0.15) is 61.0 Å². The van der Waals surface area contributed by atoms with Gasteiger partial charge in [-0.3, -0.25) is 4.79 Å². The van der Waals surface area contributed by atoms with Gasteiger partial charge in [0.1, 0.15) is 10.7 Å². The van der Waals surface area contributed by atoms with Gasteiger partial charge in [0.2, 0.25) is 5.82 Å². The van der Waals surface area contributed by atoms with Crippen molar-refractivity contribution >= 4 is 33.1 Å². The number of aromatic nitrogens is 4. The maximum absolute atomic E-state index is 12.8. The molecule has 0 aromatic carbocycles. The molecule has 0 bridgehead atoms. The number of hydrogen-bond donors (Lipinski definition) is 1. The number of aryl methyl sites for hydroxylation is 2. The first-order valence-electron chi connectivity index (χ1n) is 10.3. The quantitative estimate of drug-likeness (QED) is 0.707. The van der Waals surface area contributed by atoms with Crippen molar-refractivity contribution in [2.45, 2.75) is 53.9 Å². The second kappa shape index (κ2) is 7.32. The van der Waals surface area contributed by atoms with E-state index in [4.69, 9.17) is 4.98 Å².